The molecule has 0 spiro atoms. The van der Waals surface area contributed by atoms with Gasteiger partial charge in [0.1, 0.15) is 11.2 Å². The summed E-state index contributed by atoms with van der Waals surface area (Å²) in [5.41, 5.74) is 18.5. The number of rotatable bonds is 7. The molecule has 0 saturated carbocycles. The fourth-order valence-corrected chi connectivity index (χ4v) is 10.2. The van der Waals surface area contributed by atoms with Crippen molar-refractivity contribution < 1.29 is 4.42 Å². The second kappa shape index (κ2) is 16.8. The Bertz CT molecular complexity index is 3420. The van der Waals surface area contributed by atoms with Crippen molar-refractivity contribution in [2.24, 2.45) is 0 Å². The maximum absolute atomic E-state index is 6.22. The van der Waals surface area contributed by atoms with Gasteiger partial charge in [0.15, 0.2) is 0 Å². The monoisotopic (exact) mass is 836 g/mol. The summed E-state index contributed by atoms with van der Waals surface area (Å²) in [7, 11) is 0. The van der Waals surface area contributed by atoms with Crippen molar-refractivity contribution in [3.8, 4) is 77.9 Å². The van der Waals surface area contributed by atoms with Gasteiger partial charge in [-0.05, 0) is 145 Å². The Morgan fingerprint density at radius 3 is 0.984 bits per heavy atom. The van der Waals surface area contributed by atoms with Crippen LogP contribution in [0, 0.1) is 0 Å². The summed E-state index contributed by atoms with van der Waals surface area (Å²) in [5, 5.41) is 4.96. The molecule has 0 aliphatic heterocycles. The molecule has 0 radical (unpaired) electrons. The molecule has 0 fully saturated rings. The van der Waals surface area contributed by atoms with Gasteiger partial charge in [0.25, 0.3) is 0 Å². The molecule has 0 saturated heterocycles. The molecule has 1 nitrogen and oxygen atoms in total. The lowest BCUT2D eigenvalue weighted by atomic mass is 9.93. The van der Waals surface area contributed by atoms with E-state index in [-0.39, 0.29) is 0 Å². The van der Waals surface area contributed by atoms with Gasteiger partial charge < -0.3 is 4.42 Å². The normalized spacial score (nSPS) is 11.3. The van der Waals surface area contributed by atoms with E-state index in [1.54, 1.807) is 0 Å². The first-order valence-corrected chi connectivity index (χ1v) is 22.9. The van der Waals surface area contributed by atoms with Crippen LogP contribution in [0.5, 0.6) is 0 Å². The van der Waals surface area contributed by atoms with Crippen molar-refractivity contribution in [1.29, 1.82) is 0 Å². The first kappa shape index (κ1) is 39.1. The van der Waals surface area contributed by atoms with Crippen LogP contribution in [0.1, 0.15) is 13.8 Å². The number of furan rings is 1. The molecule has 2 heteroatoms. The standard InChI is InChI=1S/C60H38OS.C2H6/c1-3-25-57-53(23-1)54-29-27-51(37-58(54)61-57)49-21-9-19-47(35-49)45-17-7-15-43(33-45)41-13-5-11-39(31-41)40-12-6-14-42(32-40)44-16-8-18-46(34-44)48-20-10-22-50(36-48)52-28-30-56-55-24-2-4-26-59(55)62-60(56)38-52;1-2/h1-38H;1-2H3. The molecule has 0 aliphatic carbocycles. The van der Waals surface area contributed by atoms with Gasteiger partial charge in [-0.1, -0.05) is 178 Å². The van der Waals surface area contributed by atoms with Gasteiger partial charge in [-0.2, -0.15) is 0 Å². The van der Waals surface area contributed by atoms with Crippen LogP contribution in [0.3, 0.4) is 0 Å². The maximum atomic E-state index is 6.22. The summed E-state index contributed by atoms with van der Waals surface area (Å²) in [6, 6.07) is 83.8. The molecule has 12 aromatic rings. The molecule has 2 aromatic heterocycles. The largest absolute Gasteiger partial charge is 0.456 e. The first-order chi connectivity index (χ1) is 31.7. The smallest absolute Gasteiger partial charge is 0.136 e. The highest BCUT2D eigenvalue weighted by Crippen LogP contribution is 2.39. The third kappa shape index (κ3) is 7.38. The minimum absolute atomic E-state index is 0.911. The Hall–Kier alpha value is -7.78. The molecule has 0 aliphatic rings. The highest BCUT2D eigenvalue weighted by Gasteiger charge is 2.12. The van der Waals surface area contributed by atoms with E-state index in [4.69, 9.17) is 4.42 Å². The van der Waals surface area contributed by atoms with E-state index < -0.39 is 0 Å². The molecule has 0 N–H and O–H groups in total. The molecule has 64 heavy (non-hydrogen) atoms. The quantitative estimate of drug-likeness (QED) is 0.156. The van der Waals surface area contributed by atoms with Gasteiger partial charge in [-0.25, -0.2) is 0 Å². The van der Waals surface area contributed by atoms with Crippen molar-refractivity contribution in [3.63, 3.8) is 0 Å². The Morgan fingerprint density at radius 2 is 0.547 bits per heavy atom. The van der Waals surface area contributed by atoms with Crippen molar-refractivity contribution in [3.05, 3.63) is 231 Å². The minimum atomic E-state index is 0.911. The summed E-state index contributed by atoms with van der Waals surface area (Å²) >= 11 is 1.87. The lowest BCUT2D eigenvalue weighted by molar-refractivity contribution is 0.669. The van der Waals surface area contributed by atoms with Gasteiger partial charge in [-0.3, -0.25) is 0 Å². The summed E-state index contributed by atoms with van der Waals surface area (Å²) < 4.78 is 8.88. The zero-order valence-electron chi connectivity index (χ0n) is 35.8. The summed E-state index contributed by atoms with van der Waals surface area (Å²) in [4.78, 5) is 0. The number of hydrogen-bond acceptors (Lipinski definition) is 2. The summed E-state index contributed by atoms with van der Waals surface area (Å²) in [6.45, 7) is 4.00. The van der Waals surface area contributed by atoms with Gasteiger partial charge >= 0.3 is 0 Å². The van der Waals surface area contributed by atoms with Gasteiger partial charge in [0, 0.05) is 30.9 Å². The van der Waals surface area contributed by atoms with Crippen LogP contribution in [0.25, 0.3) is 120 Å². The maximum Gasteiger partial charge on any atom is 0.136 e. The zero-order chi connectivity index (χ0) is 43.0. The predicted molar refractivity (Wildman–Crippen MR) is 276 cm³/mol. The van der Waals surface area contributed by atoms with Crippen LogP contribution in [-0.2, 0) is 0 Å². The summed E-state index contributed by atoms with van der Waals surface area (Å²) in [6.07, 6.45) is 0. The van der Waals surface area contributed by atoms with Crippen LogP contribution >= 0.6 is 11.3 Å². The zero-order valence-corrected chi connectivity index (χ0v) is 36.6. The van der Waals surface area contributed by atoms with E-state index in [9.17, 15) is 0 Å². The predicted octanol–water partition coefficient (Wildman–Crippen LogP) is 18.6. The minimum Gasteiger partial charge on any atom is -0.456 e. The lowest BCUT2D eigenvalue weighted by Gasteiger charge is -2.11. The Labute approximate surface area is 378 Å². The molecule has 0 amide bonds. The second-order valence-electron chi connectivity index (χ2n) is 16.1. The molecular formula is C62H44OS. The average molecular weight is 837 g/mol. The van der Waals surface area contributed by atoms with Crippen molar-refractivity contribution >= 4 is 53.4 Å². The highest BCUT2D eigenvalue weighted by molar-refractivity contribution is 7.25. The average Bonchev–Trinajstić information content (AvgIpc) is 3.95. The molecule has 0 atom stereocenters. The van der Waals surface area contributed by atoms with Gasteiger partial charge in [0.2, 0.25) is 0 Å². The summed E-state index contributed by atoms with van der Waals surface area (Å²) in [5.74, 6) is 0. The number of thiophene rings is 1. The SMILES string of the molecule is CC.c1cc(-c2cccc(-c3cccc(-c4cccc(-c5ccc6c(c5)sc5ccccc56)c4)c3)c2)cc(-c2cccc(-c3cccc(-c4ccc5c(c4)oc4ccccc45)c3)c2)c1. The molecule has 304 valence electrons. The number of hydrogen-bond donors (Lipinski definition) is 0. The van der Waals surface area contributed by atoms with Crippen LogP contribution in [0.2, 0.25) is 0 Å². The first-order valence-electron chi connectivity index (χ1n) is 22.1. The molecule has 0 bridgehead atoms. The molecule has 0 unspecified atom stereocenters. The third-order valence-corrected chi connectivity index (χ3v) is 13.4. The number of benzene rings is 10. The fourth-order valence-electron chi connectivity index (χ4n) is 9.08. The van der Waals surface area contributed by atoms with E-state index in [0.717, 1.165) is 33.1 Å². The van der Waals surface area contributed by atoms with E-state index in [2.05, 4.69) is 218 Å². The van der Waals surface area contributed by atoms with Crippen LogP contribution < -0.4 is 0 Å². The lowest BCUT2D eigenvalue weighted by Crippen LogP contribution is -1.86. The fraction of sp³-hybridized carbons (Fsp3) is 0.0323. The van der Waals surface area contributed by atoms with Crippen LogP contribution in [0.15, 0.2) is 235 Å². The highest BCUT2D eigenvalue weighted by atomic mass is 32.1. The number of para-hydroxylation sites is 1. The topological polar surface area (TPSA) is 13.1 Å². The van der Waals surface area contributed by atoms with E-state index in [0.29, 0.717) is 0 Å². The van der Waals surface area contributed by atoms with E-state index >= 15 is 0 Å². The van der Waals surface area contributed by atoms with E-state index in [1.807, 2.05) is 37.3 Å². The van der Waals surface area contributed by atoms with E-state index in [1.165, 1.54) is 86.9 Å². The van der Waals surface area contributed by atoms with Gasteiger partial charge in [0.05, 0.1) is 0 Å². The Kier molecular flexibility index (Phi) is 10.3. The Balaban J connectivity index is 0.00000225. The van der Waals surface area contributed by atoms with Crippen molar-refractivity contribution in [1.82, 2.24) is 0 Å². The third-order valence-electron chi connectivity index (χ3n) is 12.3. The van der Waals surface area contributed by atoms with Crippen LogP contribution in [0.4, 0.5) is 0 Å². The molecule has 12 rings (SSSR count). The Morgan fingerprint density at radius 1 is 0.234 bits per heavy atom. The molecule has 2 heterocycles. The number of fused-ring (bicyclic) bond motifs is 6. The molecular weight excluding hydrogens is 793 g/mol. The second-order valence-corrected chi connectivity index (χ2v) is 17.2. The van der Waals surface area contributed by atoms with Crippen molar-refractivity contribution in [2.75, 3.05) is 0 Å². The van der Waals surface area contributed by atoms with Gasteiger partial charge in [-0.15, -0.1) is 11.3 Å². The van der Waals surface area contributed by atoms with Crippen molar-refractivity contribution in [2.45, 2.75) is 13.8 Å². The van der Waals surface area contributed by atoms with Crippen LogP contribution in [-0.4, -0.2) is 0 Å². The molecule has 10 aromatic carbocycles.